The molecule has 0 unspecified atom stereocenters. The Morgan fingerprint density at radius 1 is 0.667 bits per heavy atom. The van der Waals surface area contributed by atoms with Crippen LogP contribution in [0.5, 0.6) is 0 Å². The van der Waals surface area contributed by atoms with E-state index in [1.807, 2.05) is 65.2 Å². The van der Waals surface area contributed by atoms with Crippen molar-refractivity contribution in [2.75, 3.05) is 0 Å². The molecule has 0 spiro atoms. The standard InChI is InChI=1S/C22H15F3N2/c23-22(24,25)18-11-13-19(14-12-18)27-20(16-7-3-1-4-8-16)15-26-21(27)17-9-5-2-6-10-17/h1-15H. The Morgan fingerprint density at radius 2 is 1.22 bits per heavy atom. The molecule has 0 atom stereocenters. The van der Waals surface area contributed by atoms with Gasteiger partial charge in [-0.15, -0.1) is 0 Å². The van der Waals surface area contributed by atoms with Gasteiger partial charge in [0.2, 0.25) is 0 Å². The molecule has 0 radical (unpaired) electrons. The molecule has 4 rings (SSSR count). The number of hydrogen-bond donors (Lipinski definition) is 0. The Hall–Kier alpha value is -3.34. The predicted octanol–water partition coefficient (Wildman–Crippen LogP) is 6.23. The largest absolute Gasteiger partial charge is 0.416 e. The molecule has 0 aliphatic carbocycles. The molecule has 0 bridgehead atoms. The lowest BCUT2D eigenvalue weighted by atomic mass is 10.1. The zero-order valence-electron chi connectivity index (χ0n) is 14.2. The van der Waals surface area contributed by atoms with Gasteiger partial charge in [-0.2, -0.15) is 13.2 Å². The third-order valence-electron chi connectivity index (χ3n) is 4.32. The lowest BCUT2D eigenvalue weighted by molar-refractivity contribution is -0.137. The molecule has 0 aliphatic heterocycles. The zero-order valence-corrected chi connectivity index (χ0v) is 14.2. The first-order valence-corrected chi connectivity index (χ1v) is 8.40. The van der Waals surface area contributed by atoms with E-state index in [4.69, 9.17) is 0 Å². The fourth-order valence-corrected chi connectivity index (χ4v) is 3.02. The highest BCUT2D eigenvalue weighted by Gasteiger charge is 2.30. The summed E-state index contributed by atoms with van der Waals surface area (Å²) in [6, 6.07) is 24.4. The highest BCUT2D eigenvalue weighted by atomic mass is 19.4. The third kappa shape index (κ3) is 3.36. The van der Waals surface area contributed by atoms with Crippen LogP contribution >= 0.6 is 0 Å². The number of alkyl halides is 3. The summed E-state index contributed by atoms with van der Waals surface area (Å²) in [6.45, 7) is 0. The maximum atomic E-state index is 12.9. The van der Waals surface area contributed by atoms with Gasteiger partial charge >= 0.3 is 6.18 Å². The van der Waals surface area contributed by atoms with E-state index in [9.17, 15) is 13.2 Å². The van der Waals surface area contributed by atoms with Crippen molar-refractivity contribution in [3.8, 4) is 28.3 Å². The molecule has 0 N–H and O–H groups in total. The topological polar surface area (TPSA) is 17.8 Å². The average molecular weight is 364 g/mol. The number of hydrogen-bond acceptors (Lipinski definition) is 1. The van der Waals surface area contributed by atoms with E-state index >= 15 is 0 Å². The van der Waals surface area contributed by atoms with E-state index in [-0.39, 0.29) is 0 Å². The van der Waals surface area contributed by atoms with Crippen molar-refractivity contribution in [3.63, 3.8) is 0 Å². The van der Waals surface area contributed by atoms with Gasteiger partial charge in [-0.3, -0.25) is 4.57 Å². The quantitative estimate of drug-likeness (QED) is 0.422. The lowest BCUT2D eigenvalue weighted by Gasteiger charge is -2.14. The van der Waals surface area contributed by atoms with Gasteiger partial charge in [-0.05, 0) is 24.3 Å². The molecule has 3 aromatic carbocycles. The third-order valence-corrected chi connectivity index (χ3v) is 4.32. The number of halogens is 3. The first-order chi connectivity index (χ1) is 13.0. The Balaban J connectivity index is 1.90. The van der Waals surface area contributed by atoms with Crippen LogP contribution in [0.3, 0.4) is 0 Å². The Morgan fingerprint density at radius 3 is 1.78 bits per heavy atom. The maximum Gasteiger partial charge on any atom is 0.416 e. The van der Waals surface area contributed by atoms with Crippen molar-refractivity contribution in [1.29, 1.82) is 0 Å². The van der Waals surface area contributed by atoms with Crippen molar-refractivity contribution >= 4 is 0 Å². The van der Waals surface area contributed by atoms with Crippen molar-refractivity contribution in [2.24, 2.45) is 0 Å². The first kappa shape index (κ1) is 17.1. The van der Waals surface area contributed by atoms with Crippen LogP contribution in [0.2, 0.25) is 0 Å². The molecule has 5 heteroatoms. The summed E-state index contributed by atoms with van der Waals surface area (Å²) < 4.78 is 40.7. The lowest BCUT2D eigenvalue weighted by Crippen LogP contribution is -2.06. The van der Waals surface area contributed by atoms with E-state index in [0.717, 1.165) is 29.0 Å². The second-order valence-electron chi connectivity index (χ2n) is 6.08. The zero-order chi connectivity index (χ0) is 18.9. The maximum absolute atomic E-state index is 12.9. The van der Waals surface area contributed by atoms with E-state index in [2.05, 4.69) is 4.98 Å². The van der Waals surface area contributed by atoms with E-state index < -0.39 is 11.7 Å². The number of aromatic nitrogens is 2. The minimum atomic E-state index is -4.36. The molecule has 134 valence electrons. The summed E-state index contributed by atoms with van der Waals surface area (Å²) in [5.41, 5.74) is 2.59. The minimum absolute atomic E-state index is 0.623. The molecule has 1 aromatic heterocycles. The Bertz CT molecular complexity index is 978. The second kappa shape index (κ2) is 6.76. The van der Waals surface area contributed by atoms with Crippen LogP contribution < -0.4 is 0 Å². The van der Waals surface area contributed by atoms with Crippen molar-refractivity contribution < 1.29 is 13.2 Å². The van der Waals surface area contributed by atoms with Crippen LogP contribution in [0.15, 0.2) is 91.1 Å². The average Bonchev–Trinajstić information content (AvgIpc) is 3.14. The van der Waals surface area contributed by atoms with Crippen molar-refractivity contribution in [3.05, 3.63) is 96.7 Å². The van der Waals surface area contributed by atoms with Gasteiger partial charge in [0.05, 0.1) is 17.5 Å². The molecule has 0 aliphatic rings. The van der Waals surface area contributed by atoms with Crippen LogP contribution in [-0.2, 0) is 6.18 Å². The second-order valence-corrected chi connectivity index (χ2v) is 6.08. The van der Waals surface area contributed by atoms with Gasteiger partial charge < -0.3 is 0 Å². The van der Waals surface area contributed by atoms with Gasteiger partial charge in [-0.25, -0.2) is 4.98 Å². The van der Waals surface area contributed by atoms with E-state index in [0.29, 0.717) is 11.5 Å². The molecule has 2 nitrogen and oxygen atoms in total. The predicted molar refractivity (Wildman–Crippen MR) is 99.4 cm³/mol. The van der Waals surface area contributed by atoms with E-state index in [1.54, 1.807) is 6.20 Å². The van der Waals surface area contributed by atoms with Crippen LogP contribution in [-0.4, -0.2) is 9.55 Å². The summed E-state index contributed by atoms with van der Waals surface area (Å²) in [4.78, 5) is 4.55. The van der Waals surface area contributed by atoms with Gasteiger partial charge in [0.1, 0.15) is 5.82 Å². The molecule has 1 heterocycles. The van der Waals surface area contributed by atoms with Gasteiger partial charge in [-0.1, -0.05) is 60.7 Å². The number of imidazole rings is 1. The summed E-state index contributed by atoms with van der Waals surface area (Å²) in [5.74, 6) is 0.675. The van der Waals surface area contributed by atoms with Crippen LogP contribution in [0.4, 0.5) is 13.2 Å². The highest BCUT2D eigenvalue weighted by Crippen LogP contribution is 2.33. The van der Waals surface area contributed by atoms with Crippen molar-refractivity contribution in [2.45, 2.75) is 6.18 Å². The molecule has 0 saturated heterocycles. The molecular weight excluding hydrogens is 349 g/mol. The fraction of sp³-hybridized carbons (Fsp3) is 0.0455. The fourth-order valence-electron chi connectivity index (χ4n) is 3.02. The molecule has 0 fully saturated rings. The number of rotatable bonds is 3. The Kier molecular flexibility index (Phi) is 4.28. The summed E-state index contributed by atoms with van der Waals surface area (Å²) in [7, 11) is 0. The molecular formula is C22H15F3N2. The van der Waals surface area contributed by atoms with E-state index in [1.165, 1.54) is 12.1 Å². The smallest absolute Gasteiger partial charge is 0.292 e. The van der Waals surface area contributed by atoms with Crippen LogP contribution in [0.1, 0.15) is 5.56 Å². The van der Waals surface area contributed by atoms with Gasteiger partial charge in [0.25, 0.3) is 0 Å². The SMILES string of the molecule is FC(F)(F)c1ccc(-n2c(-c3ccccc3)cnc2-c2ccccc2)cc1. The molecule has 27 heavy (non-hydrogen) atoms. The number of nitrogens with zero attached hydrogens (tertiary/aromatic N) is 2. The summed E-state index contributed by atoms with van der Waals surface area (Å²) >= 11 is 0. The van der Waals surface area contributed by atoms with Crippen molar-refractivity contribution in [1.82, 2.24) is 9.55 Å². The van der Waals surface area contributed by atoms with Gasteiger partial charge in [0, 0.05) is 16.8 Å². The molecule has 4 aromatic rings. The van der Waals surface area contributed by atoms with Gasteiger partial charge in [0.15, 0.2) is 0 Å². The first-order valence-electron chi connectivity index (χ1n) is 8.40. The number of benzene rings is 3. The Labute approximate surface area is 154 Å². The van der Waals surface area contributed by atoms with Crippen LogP contribution in [0.25, 0.3) is 28.3 Å². The highest BCUT2D eigenvalue weighted by molar-refractivity contribution is 5.69. The van der Waals surface area contributed by atoms with Crippen LogP contribution in [0, 0.1) is 0 Å². The summed E-state index contributed by atoms with van der Waals surface area (Å²) in [6.07, 6.45) is -2.62. The molecule has 0 saturated carbocycles. The monoisotopic (exact) mass is 364 g/mol. The minimum Gasteiger partial charge on any atom is -0.292 e. The normalized spacial score (nSPS) is 11.5. The molecule has 0 amide bonds. The summed E-state index contributed by atoms with van der Waals surface area (Å²) in [5, 5.41) is 0.